The second kappa shape index (κ2) is 9.38. The largest absolute Gasteiger partial charge is 0.314 e. The number of aromatic nitrogens is 4. The number of thiazole rings is 1. The highest BCUT2D eigenvalue weighted by Crippen LogP contribution is 2.34. The second-order valence-corrected chi connectivity index (χ2v) is 9.70. The molecule has 2 aromatic rings. The lowest BCUT2D eigenvalue weighted by molar-refractivity contribution is 0.233. The highest BCUT2D eigenvalue weighted by atomic mass is 32.1. The molecule has 1 fully saturated rings. The third kappa shape index (κ3) is 4.88. The molecule has 2 aliphatic heterocycles. The first-order valence-electron chi connectivity index (χ1n) is 11.0. The number of rotatable bonds is 5. The molecule has 4 heterocycles. The Morgan fingerprint density at radius 1 is 1.21 bits per heavy atom. The lowest BCUT2D eigenvalue weighted by Crippen LogP contribution is -2.25. The molecule has 0 radical (unpaired) electrons. The molecule has 0 bridgehead atoms. The van der Waals surface area contributed by atoms with E-state index in [0.717, 1.165) is 43.2 Å². The van der Waals surface area contributed by atoms with Crippen LogP contribution < -0.4 is 5.32 Å². The average molecular weight is 415 g/mol. The van der Waals surface area contributed by atoms with Crippen molar-refractivity contribution < 1.29 is 1.43 Å². The summed E-state index contributed by atoms with van der Waals surface area (Å²) in [7, 11) is 0. The lowest BCUT2D eigenvalue weighted by atomic mass is 10.2. The first-order valence-corrected chi connectivity index (χ1v) is 11.8. The van der Waals surface area contributed by atoms with E-state index in [2.05, 4.69) is 57.6 Å². The molecule has 0 amide bonds. The van der Waals surface area contributed by atoms with Crippen LogP contribution in [-0.4, -0.2) is 43.8 Å². The summed E-state index contributed by atoms with van der Waals surface area (Å²) in [5.74, 6) is 8.80. The number of nitrogens with zero attached hydrogens (tertiary/aromatic N) is 5. The molecule has 1 N–H and O–H groups in total. The quantitative estimate of drug-likeness (QED) is 0.756. The molecule has 4 rings (SSSR count). The van der Waals surface area contributed by atoms with Gasteiger partial charge in [-0.25, -0.2) is 4.98 Å². The minimum atomic E-state index is 0. The Morgan fingerprint density at radius 3 is 2.97 bits per heavy atom. The zero-order valence-electron chi connectivity index (χ0n) is 17.9. The minimum absolute atomic E-state index is 0. The number of aryl methyl sites for hydroxylation is 2. The predicted molar refractivity (Wildman–Crippen MR) is 119 cm³/mol. The second-order valence-electron chi connectivity index (χ2n) is 8.42. The Labute approximate surface area is 179 Å². The molecular weight excluding hydrogens is 380 g/mol. The van der Waals surface area contributed by atoms with Gasteiger partial charge in [0.2, 0.25) is 0 Å². The van der Waals surface area contributed by atoms with Crippen molar-refractivity contribution in [3.05, 3.63) is 27.2 Å². The van der Waals surface area contributed by atoms with E-state index >= 15 is 0 Å². The van der Waals surface area contributed by atoms with Crippen molar-refractivity contribution in [2.75, 3.05) is 13.1 Å². The number of hydrogen-bond acceptors (Lipinski definition) is 6. The summed E-state index contributed by atoms with van der Waals surface area (Å²) in [6.45, 7) is 10.2. The van der Waals surface area contributed by atoms with Crippen molar-refractivity contribution >= 4 is 11.3 Å². The molecule has 0 aliphatic carbocycles. The van der Waals surface area contributed by atoms with Gasteiger partial charge < -0.3 is 9.88 Å². The maximum Gasteiger partial charge on any atom is 0.150 e. The zero-order chi connectivity index (χ0) is 20.2. The van der Waals surface area contributed by atoms with Crippen LogP contribution in [0.2, 0.25) is 0 Å². The van der Waals surface area contributed by atoms with Gasteiger partial charge in [-0.05, 0) is 58.9 Å². The fraction of sp³-hybridized carbons (Fsp3) is 0.682. The normalized spacial score (nSPS) is 19.8. The molecule has 0 aromatic carbocycles. The molecule has 2 aliphatic rings. The van der Waals surface area contributed by atoms with Gasteiger partial charge in [0.25, 0.3) is 0 Å². The van der Waals surface area contributed by atoms with Crippen molar-refractivity contribution in [1.29, 1.82) is 0 Å². The zero-order valence-corrected chi connectivity index (χ0v) is 18.7. The van der Waals surface area contributed by atoms with Crippen LogP contribution in [0.15, 0.2) is 0 Å². The lowest BCUT2D eigenvalue weighted by Gasteiger charge is -2.23. The fourth-order valence-corrected chi connectivity index (χ4v) is 5.17. The Bertz CT molecular complexity index is 893. The van der Waals surface area contributed by atoms with Crippen molar-refractivity contribution in [3.8, 4) is 11.8 Å². The average Bonchev–Trinajstić information content (AvgIpc) is 3.34. The molecule has 0 saturated carbocycles. The van der Waals surface area contributed by atoms with Crippen molar-refractivity contribution in [1.82, 2.24) is 30.0 Å². The van der Waals surface area contributed by atoms with Crippen LogP contribution in [0.5, 0.6) is 0 Å². The molecule has 1 unspecified atom stereocenters. The smallest absolute Gasteiger partial charge is 0.150 e. The van der Waals surface area contributed by atoms with E-state index in [1.54, 1.807) is 11.3 Å². The topological polar surface area (TPSA) is 58.9 Å². The van der Waals surface area contributed by atoms with Crippen LogP contribution in [0.1, 0.15) is 80.6 Å². The Balaban J connectivity index is 0.00000256. The van der Waals surface area contributed by atoms with Gasteiger partial charge >= 0.3 is 0 Å². The highest BCUT2D eigenvalue weighted by molar-refractivity contribution is 7.11. The van der Waals surface area contributed by atoms with Gasteiger partial charge in [-0.2, -0.15) is 0 Å². The van der Waals surface area contributed by atoms with Crippen LogP contribution in [0.25, 0.3) is 0 Å². The van der Waals surface area contributed by atoms with Gasteiger partial charge in [0.1, 0.15) is 22.4 Å². The van der Waals surface area contributed by atoms with Crippen molar-refractivity contribution in [3.63, 3.8) is 0 Å². The molecule has 158 valence electrons. The number of likely N-dealkylation sites (tertiary alicyclic amines) is 1. The van der Waals surface area contributed by atoms with Crippen LogP contribution in [-0.2, 0) is 19.5 Å². The SMILES string of the molecule is Cc1sc(CN2CCCC2c2nnc3n2CCCCC3)nc1C#CCNC(C)C.[HH]. The third-order valence-electron chi connectivity index (χ3n) is 5.78. The molecule has 1 saturated heterocycles. The Hall–Kier alpha value is -1.75. The number of nitrogens with one attached hydrogen (secondary N) is 1. The maximum absolute atomic E-state index is 4.84. The Morgan fingerprint density at radius 2 is 2.10 bits per heavy atom. The first-order chi connectivity index (χ1) is 14.1. The monoisotopic (exact) mass is 414 g/mol. The fourth-order valence-electron chi connectivity index (χ4n) is 4.25. The summed E-state index contributed by atoms with van der Waals surface area (Å²) in [6, 6.07) is 0.819. The summed E-state index contributed by atoms with van der Waals surface area (Å²) < 4.78 is 2.40. The van der Waals surface area contributed by atoms with E-state index in [9.17, 15) is 0 Å². The van der Waals surface area contributed by atoms with Gasteiger partial charge in [0.05, 0.1) is 19.1 Å². The van der Waals surface area contributed by atoms with Gasteiger partial charge in [-0.1, -0.05) is 12.3 Å². The van der Waals surface area contributed by atoms with Gasteiger partial charge in [0, 0.05) is 25.3 Å². The van der Waals surface area contributed by atoms with E-state index in [1.807, 2.05) is 0 Å². The summed E-state index contributed by atoms with van der Waals surface area (Å²) >= 11 is 1.78. The van der Waals surface area contributed by atoms with Gasteiger partial charge in [0.15, 0.2) is 0 Å². The summed E-state index contributed by atoms with van der Waals surface area (Å²) in [4.78, 5) is 8.59. The van der Waals surface area contributed by atoms with Crippen LogP contribution in [0.4, 0.5) is 0 Å². The van der Waals surface area contributed by atoms with Crippen LogP contribution in [0.3, 0.4) is 0 Å². The van der Waals surface area contributed by atoms with Crippen LogP contribution in [0, 0.1) is 18.8 Å². The molecule has 7 heteroatoms. The van der Waals surface area contributed by atoms with Gasteiger partial charge in [-0.3, -0.25) is 4.90 Å². The molecule has 2 aromatic heterocycles. The van der Waals surface area contributed by atoms with E-state index in [4.69, 9.17) is 4.98 Å². The molecule has 0 spiro atoms. The maximum atomic E-state index is 4.84. The first kappa shape index (κ1) is 20.5. The van der Waals surface area contributed by atoms with E-state index in [-0.39, 0.29) is 1.43 Å². The van der Waals surface area contributed by atoms with E-state index in [0.29, 0.717) is 18.6 Å². The van der Waals surface area contributed by atoms with E-state index < -0.39 is 0 Å². The number of fused-ring (bicyclic) bond motifs is 1. The third-order valence-corrected chi connectivity index (χ3v) is 6.74. The number of hydrogen-bond donors (Lipinski definition) is 1. The van der Waals surface area contributed by atoms with Crippen molar-refractivity contribution in [2.24, 2.45) is 0 Å². The minimum Gasteiger partial charge on any atom is -0.314 e. The Kier molecular flexibility index (Phi) is 6.63. The van der Waals surface area contributed by atoms with E-state index in [1.165, 1.54) is 42.2 Å². The summed E-state index contributed by atoms with van der Waals surface area (Å²) in [6.07, 6.45) is 7.22. The highest BCUT2D eigenvalue weighted by Gasteiger charge is 2.32. The van der Waals surface area contributed by atoms with Gasteiger partial charge in [-0.15, -0.1) is 21.5 Å². The molecule has 29 heavy (non-hydrogen) atoms. The molecule has 1 atom stereocenters. The van der Waals surface area contributed by atoms with Crippen molar-refractivity contribution in [2.45, 2.75) is 84.5 Å². The summed E-state index contributed by atoms with van der Waals surface area (Å²) in [5, 5.41) is 13.6. The summed E-state index contributed by atoms with van der Waals surface area (Å²) in [5.41, 5.74) is 0.933. The molecule has 6 nitrogen and oxygen atoms in total. The standard InChI is InChI=1S/C22H32N6S.H2/c1-16(2)23-12-7-9-18-17(3)29-21(24-18)15-27-13-8-10-19(27)22-26-25-20-11-5-4-6-14-28(20)22;/h16,19,23H,4-6,8,10-15H2,1-3H3;1H. The predicted octanol–water partition coefficient (Wildman–Crippen LogP) is 3.70. The molecular formula is C22H34N6S. The van der Waals surface area contributed by atoms with Crippen LogP contribution >= 0.6 is 11.3 Å².